The van der Waals surface area contributed by atoms with E-state index in [0.29, 0.717) is 12.5 Å². The Morgan fingerprint density at radius 3 is 2.81 bits per heavy atom. The Morgan fingerprint density at radius 2 is 2.12 bits per heavy atom. The van der Waals surface area contributed by atoms with Gasteiger partial charge in [-0.25, -0.2) is 0 Å². The first-order valence-corrected chi connectivity index (χ1v) is 5.74. The van der Waals surface area contributed by atoms with Gasteiger partial charge in [-0.3, -0.25) is 4.79 Å². The van der Waals surface area contributed by atoms with E-state index in [1.54, 1.807) is 0 Å². The van der Waals surface area contributed by atoms with Crippen LogP contribution in [0.25, 0.3) is 0 Å². The molecular weight excluding hydrogens is 200 g/mol. The zero-order valence-electron chi connectivity index (χ0n) is 10.0. The first kappa shape index (κ1) is 11.0. The fourth-order valence-electron chi connectivity index (χ4n) is 2.08. The average molecular weight is 218 g/mol. The number of carbonyl (C=O) groups excluding carboxylic acids is 1. The lowest BCUT2D eigenvalue weighted by Crippen LogP contribution is -2.29. The van der Waals surface area contributed by atoms with Gasteiger partial charge >= 0.3 is 0 Å². The second-order valence-corrected chi connectivity index (χ2v) is 4.72. The number of benzene rings is 1. The molecule has 0 saturated heterocycles. The standard InChI is InChI=1S/C13H18N2O/c1-8(2)10-7-14-12-9(3)5-4-6-11(12)15-13(10)16/h4-6,8,10,14H,7H2,1-3H3,(H,15,16). The van der Waals surface area contributed by atoms with Crippen molar-refractivity contribution < 1.29 is 4.79 Å². The molecular formula is C13H18N2O. The van der Waals surface area contributed by atoms with Crippen LogP contribution in [0.5, 0.6) is 0 Å². The van der Waals surface area contributed by atoms with Crippen LogP contribution < -0.4 is 10.6 Å². The minimum atomic E-state index is 0.0341. The largest absolute Gasteiger partial charge is 0.382 e. The molecule has 0 saturated carbocycles. The highest BCUT2D eigenvalue weighted by molar-refractivity contribution is 5.98. The van der Waals surface area contributed by atoms with Crippen LogP contribution in [-0.2, 0) is 4.79 Å². The van der Waals surface area contributed by atoms with Gasteiger partial charge in [-0.05, 0) is 24.5 Å². The van der Waals surface area contributed by atoms with Gasteiger partial charge in [0, 0.05) is 6.54 Å². The van der Waals surface area contributed by atoms with Crippen LogP contribution in [0, 0.1) is 18.8 Å². The van der Waals surface area contributed by atoms with Crippen molar-refractivity contribution in [1.29, 1.82) is 0 Å². The number of nitrogens with one attached hydrogen (secondary N) is 2. The third-order valence-corrected chi connectivity index (χ3v) is 3.17. The van der Waals surface area contributed by atoms with Crippen molar-refractivity contribution in [2.24, 2.45) is 11.8 Å². The molecule has 1 amide bonds. The van der Waals surface area contributed by atoms with Gasteiger partial charge in [-0.15, -0.1) is 0 Å². The highest BCUT2D eigenvalue weighted by atomic mass is 16.2. The Bertz CT molecular complexity index is 412. The van der Waals surface area contributed by atoms with Gasteiger partial charge in [0.05, 0.1) is 17.3 Å². The quantitative estimate of drug-likeness (QED) is 0.760. The van der Waals surface area contributed by atoms with Crippen LogP contribution in [0.1, 0.15) is 19.4 Å². The SMILES string of the molecule is Cc1cccc2c1NCC(C(C)C)C(=O)N2. The summed E-state index contributed by atoms with van der Waals surface area (Å²) in [6.45, 7) is 6.92. The van der Waals surface area contributed by atoms with Crippen LogP contribution >= 0.6 is 0 Å². The summed E-state index contributed by atoms with van der Waals surface area (Å²) in [4.78, 5) is 12.0. The van der Waals surface area contributed by atoms with Crippen molar-refractivity contribution in [3.63, 3.8) is 0 Å². The predicted octanol–water partition coefficient (Wildman–Crippen LogP) is 2.63. The molecule has 0 aromatic heterocycles. The smallest absolute Gasteiger partial charge is 0.229 e. The minimum absolute atomic E-state index is 0.0341. The molecule has 1 aliphatic rings. The Balaban J connectivity index is 2.33. The van der Waals surface area contributed by atoms with Gasteiger partial charge in [0.2, 0.25) is 5.91 Å². The highest BCUT2D eigenvalue weighted by Gasteiger charge is 2.26. The van der Waals surface area contributed by atoms with Crippen LogP contribution in [-0.4, -0.2) is 12.5 Å². The molecule has 1 aromatic carbocycles. The van der Waals surface area contributed by atoms with E-state index in [1.807, 2.05) is 25.1 Å². The molecule has 0 spiro atoms. The van der Waals surface area contributed by atoms with E-state index >= 15 is 0 Å². The van der Waals surface area contributed by atoms with Crippen molar-refractivity contribution in [1.82, 2.24) is 0 Å². The summed E-state index contributed by atoms with van der Waals surface area (Å²) in [6, 6.07) is 5.95. The molecule has 0 radical (unpaired) electrons. The van der Waals surface area contributed by atoms with E-state index in [0.717, 1.165) is 11.4 Å². The van der Waals surface area contributed by atoms with Gasteiger partial charge in [0.25, 0.3) is 0 Å². The summed E-state index contributed by atoms with van der Waals surface area (Å²) < 4.78 is 0. The first-order chi connectivity index (χ1) is 7.59. The fraction of sp³-hybridized carbons (Fsp3) is 0.462. The van der Waals surface area contributed by atoms with E-state index in [9.17, 15) is 4.79 Å². The van der Waals surface area contributed by atoms with Crippen LogP contribution in [0.2, 0.25) is 0 Å². The molecule has 1 atom stereocenters. The molecule has 1 aliphatic heterocycles. The number of anilines is 2. The molecule has 86 valence electrons. The summed E-state index contributed by atoms with van der Waals surface area (Å²) in [6.07, 6.45) is 0. The van der Waals surface area contributed by atoms with Crippen molar-refractivity contribution >= 4 is 17.3 Å². The number of fused-ring (bicyclic) bond motifs is 1. The van der Waals surface area contributed by atoms with Gasteiger partial charge in [0.15, 0.2) is 0 Å². The molecule has 1 unspecified atom stereocenters. The monoisotopic (exact) mass is 218 g/mol. The highest BCUT2D eigenvalue weighted by Crippen LogP contribution is 2.30. The Morgan fingerprint density at radius 1 is 1.38 bits per heavy atom. The molecule has 3 nitrogen and oxygen atoms in total. The van der Waals surface area contributed by atoms with E-state index in [2.05, 4.69) is 24.5 Å². The van der Waals surface area contributed by atoms with Gasteiger partial charge in [0.1, 0.15) is 0 Å². The Labute approximate surface area is 96.2 Å². The van der Waals surface area contributed by atoms with E-state index in [4.69, 9.17) is 0 Å². The second-order valence-electron chi connectivity index (χ2n) is 4.72. The van der Waals surface area contributed by atoms with Crippen molar-refractivity contribution in [3.05, 3.63) is 23.8 Å². The first-order valence-electron chi connectivity index (χ1n) is 5.74. The lowest BCUT2D eigenvalue weighted by Gasteiger charge is -2.16. The van der Waals surface area contributed by atoms with E-state index < -0.39 is 0 Å². The number of amides is 1. The summed E-state index contributed by atoms with van der Waals surface area (Å²) >= 11 is 0. The molecule has 0 aliphatic carbocycles. The maximum Gasteiger partial charge on any atom is 0.229 e. The number of carbonyl (C=O) groups is 1. The third-order valence-electron chi connectivity index (χ3n) is 3.17. The van der Waals surface area contributed by atoms with Gasteiger partial charge in [-0.1, -0.05) is 26.0 Å². The predicted molar refractivity (Wildman–Crippen MR) is 66.6 cm³/mol. The zero-order valence-corrected chi connectivity index (χ0v) is 10.0. The molecule has 1 heterocycles. The molecule has 16 heavy (non-hydrogen) atoms. The van der Waals surface area contributed by atoms with Crippen molar-refractivity contribution in [2.45, 2.75) is 20.8 Å². The number of hydrogen-bond donors (Lipinski definition) is 2. The maximum absolute atomic E-state index is 12.0. The zero-order chi connectivity index (χ0) is 11.7. The number of hydrogen-bond acceptors (Lipinski definition) is 2. The summed E-state index contributed by atoms with van der Waals surface area (Å²) in [7, 11) is 0. The average Bonchev–Trinajstić information content (AvgIpc) is 2.37. The van der Waals surface area contributed by atoms with E-state index in [-0.39, 0.29) is 11.8 Å². The van der Waals surface area contributed by atoms with Crippen molar-refractivity contribution in [2.75, 3.05) is 17.2 Å². The van der Waals surface area contributed by atoms with E-state index in [1.165, 1.54) is 5.56 Å². The van der Waals surface area contributed by atoms with Gasteiger partial charge < -0.3 is 10.6 Å². The lowest BCUT2D eigenvalue weighted by atomic mass is 9.95. The summed E-state index contributed by atoms with van der Waals surface area (Å²) in [5.74, 6) is 0.501. The minimum Gasteiger partial charge on any atom is -0.382 e. The molecule has 0 fully saturated rings. The lowest BCUT2D eigenvalue weighted by molar-refractivity contribution is -0.120. The Kier molecular flexibility index (Phi) is 2.86. The molecule has 2 N–H and O–H groups in total. The number of aryl methyl sites for hydroxylation is 1. The molecule has 0 bridgehead atoms. The molecule has 2 rings (SSSR count). The summed E-state index contributed by atoms with van der Waals surface area (Å²) in [5, 5.41) is 6.37. The van der Waals surface area contributed by atoms with Crippen LogP contribution in [0.3, 0.4) is 0 Å². The third kappa shape index (κ3) is 1.90. The molecule has 3 heteroatoms. The van der Waals surface area contributed by atoms with Crippen LogP contribution in [0.4, 0.5) is 11.4 Å². The second kappa shape index (κ2) is 4.16. The number of rotatable bonds is 1. The fourth-order valence-corrected chi connectivity index (χ4v) is 2.08. The normalized spacial score (nSPS) is 19.8. The molecule has 1 aromatic rings. The van der Waals surface area contributed by atoms with Crippen molar-refractivity contribution in [3.8, 4) is 0 Å². The Hall–Kier alpha value is -1.51. The van der Waals surface area contributed by atoms with Crippen LogP contribution in [0.15, 0.2) is 18.2 Å². The number of para-hydroxylation sites is 1. The van der Waals surface area contributed by atoms with Gasteiger partial charge in [-0.2, -0.15) is 0 Å². The summed E-state index contributed by atoms with van der Waals surface area (Å²) in [5.41, 5.74) is 3.12. The topological polar surface area (TPSA) is 41.1 Å². The maximum atomic E-state index is 12.0.